The van der Waals surface area contributed by atoms with E-state index in [1.807, 2.05) is 6.92 Å². The third-order valence-electron chi connectivity index (χ3n) is 3.41. The zero-order chi connectivity index (χ0) is 14.3. The summed E-state index contributed by atoms with van der Waals surface area (Å²) >= 11 is 0. The fraction of sp³-hybridized carbons (Fsp3) is 0.562. The van der Waals surface area contributed by atoms with Crippen LogP contribution in [0.1, 0.15) is 44.2 Å². The summed E-state index contributed by atoms with van der Waals surface area (Å²) in [6.45, 7) is 7.54. The minimum atomic E-state index is 0.00770. The molecule has 3 N–H and O–H groups in total. The molecule has 0 heterocycles. The molecule has 0 radical (unpaired) electrons. The van der Waals surface area contributed by atoms with Crippen molar-refractivity contribution in [1.82, 2.24) is 5.32 Å². The number of carbonyl (C=O) groups is 1. The smallest absolute Gasteiger partial charge is 0.222 e. The lowest BCUT2D eigenvalue weighted by atomic mass is 10.0. The van der Waals surface area contributed by atoms with Gasteiger partial charge in [-0.15, -0.1) is 0 Å². The summed E-state index contributed by atoms with van der Waals surface area (Å²) < 4.78 is 0. The van der Waals surface area contributed by atoms with E-state index < -0.39 is 0 Å². The monoisotopic (exact) mass is 262 g/mol. The summed E-state index contributed by atoms with van der Waals surface area (Å²) in [5, 5.41) is 2.96. The number of nitrogens with two attached hydrogens (primary N) is 1. The molecule has 0 saturated heterocycles. The van der Waals surface area contributed by atoms with Crippen LogP contribution in [-0.2, 0) is 11.2 Å². The van der Waals surface area contributed by atoms with Crippen LogP contribution in [0.4, 0.5) is 0 Å². The highest BCUT2D eigenvalue weighted by Gasteiger charge is 2.10. The van der Waals surface area contributed by atoms with Gasteiger partial charge in [-0.05, 0) is 36.4 Å². The second kappa shape index (κ2) is 7.95. The molecule has 0 spiro atoms. The van der Waals surface area contributed by atoms with E-state index in [9.17, 15) is 4.79 Å². The number of carbonyl (C=O) groups excluding carboxylic acids is 1. The lowest BCUT2D eigenvalue weighted by molar-refractivity contribution is -0.124. The predicted octanol–water partition coefficient (Wildman–Crippen LogP) is 2.45. The van der Waals surface area contributed by atoms with Gasteiger partial charge in [0.25, 0.3) is 0 Å². The van der Waals surface area contributed by atoms with Crippen molar-refractivity contribution in [2.24, 2.45) is 11.7 Å². The molecular weight excluding hydrogens is 236 g/mol. The van der Waals surface area contributed by atoms with Crippen molar-refractivity contribution in [1.29, 1.82) is 0 Å². The molecule has 0 bridgehead atoms. The van der Waals surface area contributed by atoms with Gasteiger partial charge in [0.15, 0.2) is 0 Å². The van der Waals surface area contributed by atoms with Crippen LogP contribution in [0, 0.1) is 5.92 Å². The van der Waals surface area contributed by atoms with Gasteiger partial charge in [-0.2, -0.15) is 0 Å². The van der Waals surface area contributed by atoms with E-state index in [-0.39, 0.29) is 11.8 Å². The molecule has 1 amide bonds. The van der Waals surface area contributed by atoms with Crippen molar-refractivity contribution in [2.45, 2.75) is 39.5 Å². The summed E-state index contributed by atoms with van der Waals surface area (Å²) in [4.78, 5) is 11.7. The Morgan fingerprint density at radius 2 is 1.84 bits per heavy atom. The van der Waals surface area contributed by atoms with Crippen LogP contribution in [0.25, 0.3) is 0 Å². The minimum Gasteiger partial charge on any atom is -0.356 e. The van der Waals surface area contributed by atoms with Crippen LogP contribution >= 0.6 is 0 Å². The van der Waals surface area contributed by atoms with Crippen molar-refractivity contribution >= 4 is 5.91 Å². The Bertz CT molecular complexity index is 384. The predicted molar refractivity (Wildman–Crippen MR) is 80.1 cm³/mol. The lowest BCUT2D eigenvalue weighted by Crippen LogP contribution is -2.31. The van der Waals surface area contributed by atoms with E-state index in [0.717, 1.165) is 12.8 Å². The zero-order valence-electron chi connectivity index (χ0n) is 12.3. The number of hydrogen-bond donors (Lipinski definition) is 2. The molecule has 1 aromatic rings. The summed E-state index contributed by atoms with van der Waals surface area (Å²) in [7, 11) is 0. The van der Waals surface area contributed by atoms with Crippen LogP contribution in [0.3, 0.4) is 0 Å². The highest BCUT2D eigenvalue weighted by atomic mass is 16.1. The first-order chi connectivity index (χ1) is 9.04. The maximum absolute atomic E-state index is 11.7. The molecule has 0 saturated carbocycles. The molecule has 1 rings (SSSR count). The van der Waals surface area contributed by atoms with Gasteiger partial charge in [0, 0.05) is 12.5 Å². The normalized spacial score (nSPS) is 12.5. The Morgan fingerprint density at radius 1 is 1.21 bits per heavy atom. The van der Waals surface area contributed by atoms with E-state index in [1.165, 1.54) is 11.1 Å². The lowest BCUT2D eigenvalue weighted by Gasteiger charge is -2.11. The molecule has 3 heteroatoms. The first-order valence-electron chi connectivity index (χ1n) is 7.11. The fourth-order valence-corrected chi connectivity index (χ4v) is 1.95. The minimum absolute atomic E-state index is 0.00770. The van der Waals surface area contributed by atoms with Gasteiger partial charge in [0.1, 0.15) is 0 Å². The molecule has 1 unspecified atom stereocenters. The standard InChI is InChI=1S/C16H26N2O/c1-12(2)15-6-4-14(5-7-15)9-11-18-16(19)13(3)8-10-17/h4-7,12-13H,8-11,17H2,1-3H3,(H,18,19). The van der Waals surface area contributed by atoms with Crippen LogP contribution in [0.15, 0.2) is 24.3 Å². The van der Waals surface area contributed by atoms with Gasteiger partial charge in [0.05, 0.1) is 0 Å². The van der Waals surface area contributed by atoms with Gasteiger partial charge in [0.2, 0.25) is 5.91 Å². The topological polar surface area (TPSA) is 55.1 Å². The van der Waals surface area contributed by atoms with Gasteiger partial charge >= 0.3 is 0 Å². The number of hydrogen-bond acceptors (Lipinski definition) is 2. The molecule has 3 nitrogen and oxygen atoms in total. The van der Waals surface area contributed by atoms with Crippen LogP contribution < -0.4 is 11.1 Å². The fourth-order valence-electron chi connectivity index (χ4n) is 1.95. The van der Waals surface area contributed by atoms with Crippen molar-refractivity contribution in [3.63, 3.8) is 0 Å². The summed E-state index contributed by atoms with van der Waals surface area (Å²) in [5.41, 5.74) is 8.06. The Kier molecular flexibility index (Phi) is 6.57. The molecule has 1 aromatic carbocycles. The Balaban J connectivity index is 2.35. The van der Waals surface area contributed by atoms with E-state index >= 15 is 0 Å². The number of benzene rings is 1. The molecule has 0 aliphatic carbocycles. The molecule has 1 atom stereocenters. The SMILES string of the molecule is CC(CCN)C(=O)NCCc1ccc(C(C)C)cc1. The highest BCUT2D eigenvalue weighted by Crippen LogP contribution is 2.14. The molecule has 106 valence electrons. The maximum atomic E-state index is 11.7. The second-order valence-electron chi connectivity index (χ2n) is 5.42. The van der Waals surface area contributed by atoms with Gasteiger partial charge in [-0.1, -0.05) is 45.0 Å². The summed E-state index contributed by atoms with van der Waals surface area (Å²) in [5.74, 6) is 0.670. The first kappa shape index (κ1) is 15.7. The third kappa shape index (κ3) is 5.43. The second-order valence-corrected chi connectivity index (χ2v) is 5.42. The Hall–Kier alpha value is -1.35. The van der Waals surface area contributed by atoms with E-state index in [2.05, 4.69) is 43.4 Å². The van der Waals surface area contributed by atoms with E-state index in [1.54, 1.807) is 0 Å². The molecule has 0 fully saturated rings. The van der Waals surface area contributed by atoms with Gasteiger partial charge in [-0.3, -0.25) is 4.79 Å². The average Bonchev–Trinajstić information content (AvgIpc) is 2.39. The molecule has 0 aliphatic rings. The average molecular weight is 262 g/mol. The number of amides is 1. The molecule has 0 aliphatic heterocycles. The van der Waals surface area contributed by atoms with Gasteiger partial charge in [-0.25, -0.2) is 0 Å². The van der Waals surface area contributed by atoms with E-state index in [0.29, 0.717) is 19.0 Å². The highest BCUT2D eigenvalue weighted by molar-refractivity contribution is 5.78. The Labute approximate surface area is 116 Å². The van der Waals surface area contributed by atoms with Crippen LogP contribution in [-0.4, -0.2) is 19.0 Å². The zero-order valence-corrected chi connectivity index (χ0v) is 12.3. The third-order valence-corrected chi connectivity index (χ3v) is 3.41. The number of nitrogens with one attached hydrogen (secondary N) is 1. The van der Waals surface area contributed by atoms with Crippen LogP contribution in [0.5, 0.6) is 0 Å². The van der Waals surface area contributed by atoms with E-state index in [4.69, 9.17) is 5.73 Å². The molecule has 19 heavy (non-hydrogen) atoms. The molecular formula is C16H26N2O. The Morgan fingerprint density at radius 3 is 2.37 bits per heavy atom. The summed E-state index contributed by atoms with van der Waals surface area (Å²) in [6, 6.07) is 8.62. The van der Waals surface area contributed by atoms with Gasteiger partial charge < -0.3 is 11.1 Å². The first-order valence-corrected chi connectivity index (χ1v) is 7.11. The molecule has 0 aromatic heterocycles. The van der Waals surface area contributed by atoms with Crippen molar-refractivity contribution in [3.05, 3.63) is 35.4 Å². The summed E-state index contributed by atoms with van der Waals surface area (Å²) in [6.07, 6.45) is 1.62. The van der Waals surface area contributed by atoms with Crippen LogP contribution in [0.2, 0.25) is 0 Å². The maximum Gasteiger partial charge on any atom is 0.222 e. The van der Waals surface area contributed by atoms with Crippen molar-refractivity contribution < 1.29 is 4.79 Å². The van der Waals surface area contributed by atoms with Crippen molar-refractivity contribution in [3.8, 4) is 0 Å². The quantitative estimate of drug-likeness (QED) is 0.793. The number of rotatable bonds is 7. The largest absolute Gasteiger partial charge is 0.356 e. The van der Waals surface area contributed by atoms with Crippen molar-refractivity contribution in [2.75, 3.05) is 13.1 Å².